The predicted molar refractivity (Wildman–Crippen MR) is 153 cm³/mol. The lowest BCUT2D eigenvalue weighted by atomic mass is 10.1. The Morgan fingerprint density at radius 1 is 0.732 bits per heavy atom. The van der Waals surface area contributed by atoms with Crippen LogP contribution >= 0.6 is 0 Å². The Hall–Kier alpha value is -2.65. The highest BCUT2D eigenvalue weighted by atomic mass is 16.5. The fraction of sp³-hybridized carbons (Fsp3) is 0.815. The molecule has 4 N–H and O–H groups in total. The molecule has 0 radical (unpaired) electrons. The summed E-state index contributed by atoms with van der Waals surface area (Å²) in [6, 6.07) is 0. The molecule has 0 spiro atoms. The van der Waals surface area contributed by atoms with Gasteiger partial charge in [-0.25, -0.2) is 0 Å². The van der Waals surface area contributed by atoms with Crippen LogP contribution in [0.15, 0.2) is 0 Å². The normalized spacial score (nSPS) is 17.0. The monoisotopic (exact) mass is 586 g/mol. The average molecular weight is 587 g/mol. The fourth-order valence-electron chi connectivity index (χ4n) is 4.34. The molecule has 1 saturated heterocycles. The third kappa shape index (κ3) is 20.0. The fourth-order valence-corrected chi connectivity index (χ4v) is 4.34. The molecule has 0 aromatic carbocycles. The molecule has 0 unspecified atom stereocenters. The van der Waals surface area contributed by atoms with E-state index in [1.807, 2.05) is 9.80 Å². The lowest BCUT2D eigenvalue weighted by Crippen LogP contribution is -2.49. The molecule has 14 nitrogen and oxygen atoms in total. The summed E-state index contributed by atoms with van der Waals surface area (Å²) in [4.78, 5) is 65.6. The molecule has 0 aromatic rings. The van der Waals surface area contributed by atoms with Gasteiger partial charge in [-0.2, -0.15) is 0 Å². The van der Waals surface area contributed by atoms with E-state index in [2.05, 4.69) is 24.5 Å². The van der Waals surface area contributed by atoms with Gasteiger partial charge in [0.2, 0.25) is 11.8 Å². The van der Waals surface area contributed by atoms with Crippen LogP contribution < -0.4 is 10.6 Å². The molecule has 236 valence electrons. The summed E-state index contributed by atoms with van der Waals surface area (Å²) in [6.07, 6.45) is 3.06. The molecule has 1 heterocycles. The predicted octanol–water partition coefficient (Wildman–Crippen LogP) is -1.35. The molecular formula is C27H50N6O8. The number of carbonyl (C=O) groups excluding carboxylic acids is 3. The van der Waals surface area contributed by atoms with Crippen molar-refractivity contribution in [1.29, 1.82) is 0 Å². The maximum absolute atomic E-state index is 12.6. The maximum atomic E-state index is 12.6. The van der Waals surface area contributed by atoms with E-state index in [1.54, 1.807) is 9.80 Å². The van der Waals surface area contributed by atoms with Gasteiger partial charge in [0.1, 0.15) is 6.29 Å². The first-order valence-corrected chi connectivity index (χ1v) is 14.5. The van der Waals surface area contributed by atoms with Crippen molar-refractivity contribution in [3.8, 4) is 0 Å². The molecule has 1 rings (SSSR count). The van der Waals surface area contributed by atoms with Crippen molar-refractivity contribution in [3.63, 3.8) is 0 Å². The van der Waals surface area contributed by atoms with Gasteiger partial charge >= 0.3 is 11.9 Å². The number of carboxylic acids is 2. The molecule has 0 aromatic heterocycles. The molecule has 0 atom stereocenters. The highest BCUT2D eigenvalue weighted by Gasteiger charge is 2.20. The second-order valence-electron chi connectivity index (χ2n) is 10.7. The highest BCUT2D eigenvalue weighted by molar-refractivity contribution is 5.78. The van der Waals surface area contributed by atoms with E-state index in [0.29, 0.717) is 64.8 Å². The molecule has 1 fully saturated rings. The smallest absolute Gasteiger partial charge is 0.317 e. The number of aldehydes is 1. The van der Waals surface area contributed by atoms with Crippen LogP contribution in [0, 0.1) is 5.92 Å². The minimum atomic E-state index is -0.959. The van der Waals surface area contributed by atoms with Crippen LogP contribution in [0.1, 0.15) is 33.1 Å². The first-order valence-electron chi connectivity index (χ1n) is 14.5. The van der Waals surface area contributed by atoms with Crippen molar-refractivity contribution < 1.29 is 38.9 Å². The topological polar surface area (TPSA) is 172 Å². The van der Waals surface area contributed by atoms with Gasteiger partial charge in [0.05, 0.1) is 39.4 Å². The Morgan fingerprint density at radius 3 is 1.71 bits per heavy atom. The van der Waals surface area contributed by atoms with Crippen molar-refractivity contribution in [3.05, 3.63) is 0 Å². The van der Waals surface area contributed by atoms with E-state index in [-0.39, 0.29) is 64.2 Å². The minimum Gasteiger partial charge on any atom is -0.480 e. The summed E-state index contributed by atoms with van der Waals surface area (Å²) in [5, 5.41) is 24.3. The van der Waals surface area contributed by atoms with E-state index < -0.39 is 11.9 Å². The molecule has 0 aliphatic carbocycles. The van der Waals surface area contributed by atoms with Crippen LogP contribution in [0.5, 0.6) is 0 Å². The third-order valence-electron chi connectivity index (χ3n) is 6.67. The second-order valence-corrected chi connectivity index (χ2v) is 10.7. The SMILES string of the molecule is CC(C)CCCNC(=O)CCOCCNC(=O)CN1CCN(CC(=O)O)CCN(CC=O)CCN(CC(=O)O)CC1. The Bertz CT molecular complexity index is 768. The van der Waals surface area contributed by atoms with Gasteiger partial charge in [-0.05, 0) is 18.8 Å². The Labute approximate surface area is 243 Å². The molecular weight excluding hydrogens is 536 g/mol. The molecule has 0 bridgehead atoms. The van der Waals surface area contributed by atoms with Crippen molar-refractivity contribution in [1.82, 2.24) is 30.2 Å². The summed E-state index contributed by atoms with van der Waals surface area (Å²) >= 11 is 0. The minimum absolute atomic E-state index is 0.0570. The summed E-state index contributed by atoms with van der Waals surface area (Å²) < 4.78 is 5.47. The Morgan fingerprint density at radius 2 is 1.22 bits per heavy atom. The van der Waals surface area contributed by atoms with Crippen LogP contribution in [0.25, 0.3) is 0 Å². The van der Waals surface area contributed by atoms with Crippen LogP contribution in [-0.2, 0) is 28.7 Å². The number of ether oxygens (including phenoxy) is 1. The Kier molecular flexibility index (Phi) is 19.5. The number of hydrogen-bond acceptors (Lipinski definition) is 10. The first kappa shape index (κ1) is 36.4. The molecule has 2 amide bonds. The van der Waals surface area contributed by atoms with Gasteiger partial charge in [-0.15, -0.1) is 0 Å². The number of amides is 2. The van der Waals surface area contributed by atoms with Gasteiger partial charge in [-0.1, -0.05) is 13.8 Å². The van der Waals surface area contributed by atoms with Gasteiger partial charge < -0.3 is 30.4 Å². The number of hydrogen-bond donors (Lipinski definition) is 4. The molecule has 14 heteroatoms. The number of carboxylic acid groups (broad SMARTS) is 2. The van der Waals surface area contributed by atoms with Crippen LogP contribution in [0.2, 0.25) is 0 Å². The standard InChI is InChI=1S/C27H50N6O8/c1-23(2)4-3-6-28-24(35)5-18-41-19-7-29-25(36)20-31-12-14-32(21-26(37)38)10-8-30(16-17-34)9-11-33(15-13-31)22-27(39)40/h17,23H,3-16,18-22H2,1-2H3,(H,28,35)(H,29,36)(H,37,38)(H,39,40). The lowest BCUT2D eigenvalue weighted by Gasteiger charge is -2.32. The zero-order valence-electron chi connectivity index (χ0n) is 24.7. The number of nitrogens with one attached hydrogen (secondary N) is 2. The number of rotatable bonds is 18. The quantitative estimate of drug-likeness (QED) is 0.110. The van der Waals surface area contributed by atoms with Crippen LogP contribution in [0.4, 0.5) is 0 Å². The number of carbonyl (C=O) groups is 5. The molecule has 1 aliphatic rings. The van der Waals surface area contributed by atoms with Crippen molar-refractivity contribution >= 4 is 30.0 Å². The van der Waals surface area contributed by atoms with Gasteiger partial charge in [0.25, 0.3) is 0 Å². The average Bonchev–Trinajstić information content (AvgIpc) is 2.89. The van der Waals surface area contributed by atoms with Crippen molar-refractivity contribution in [2.45, 2.75) is 33.1 Å². The van der Waals surface area contributed by atoms with E-state index in [0.717, 1.165) is 19.1 Å². The molecule has 1 aliphatic heterocycles. The maximum Gasteiger partial charge on any atom is 0.317 e. The second kappa shape index (κ2) is 22.0. The zero-order chi connectivity index (χ0) is 30.5. The highest BCUT2D eigenvalue weighted by Crippen LogP contribution is 2.02. The van der Waals surface area contributed by atoms with Gasteiger partial charge in [-0.3, -0.25) is 38.8 Å². The number of aliphatic carboxylic acids is 2. The zero-order valence-corrected chi connectivity index (χ0v) is 24.7. The summed E-state index contributed by atoms with van der Waals surface area (Å²) in [6.45, 7) is 9.10. The number of nitrogens with zero attached hydrogens (tertiary/aromatic N) is 4. The van der Waals surface area contributed by atoms with Crippen LogP contribution in [0.3, 0.4) is 0 Å². The van der Waals surface area contributed by atoms with Crippen molar-refractivity contribution in [2.24, 2.45) is 5.92 Å². The van der Waals surface area contributed by atoms with Crippen LogP contribution in [-0.4, -0.2) is 165 Å². The first-order chi connectivity index (χ1) is 19.6. The molecule has 0 saturated carbocycles. The van der Waals surface area contributed by atoms with E-state index in [4.69, 9.17) is 4.74 Å². The largest absolute Gasteiger partial charge is 0.480 e. The summed E-state index contributed by atoms with van der Waals surface area (Å²) in [5.74, 6) is -1.59. The van der Waals surface area contributed by atoms with E-state index in [1.165, 1.54) is 0 Å². The van der Waals surface area contributed by atoms with E-state index in [9.17, 15) is 34.2 Å². The Balaban J connectivity index is 2.54. The van der Waals surface area contributed by atoms with Gasteiger partial charge in [0.15, 0.2) is 0 Å². The lowest BCUT2D eigenvalue weighted by molar-refractivity contribution is -0.139. The van der Waals surface area contributed by atoms with Crippen molar-refractivity contribution in [2.75, 3.05) is 105 Å². The third-order valence-corrected chi connectivity index (χ3v) is 6.67. The van der Waals surface area contributed by atoms with Gasteiger partial charge in [0, 0.05) is 71.9 Å². The van der Waals surface area contributed by atoms with E-state index >= 15 is 0 Å². The molecule has 41 heavy (non-hydrogen) atoms. The summed E-state index contributed by atoms with van der Waals surface area (Å²) in [7, 11) is 0. The summed E-state index contributed by atoms with van der Waals surface area (Å²) in [5.41, 5.74) is 0.